The van der Waals surface area contributed by atoms with Gasteiger partial charge in [-0.1, -0.05) is 6.07 Å². The first kappa shape index (κ1) is 19.5. The van der Waals surface area contributed by atoms with Crippen LogP contribution in [0.25, 0.3) is 0 Å². The van der Waals surface area contributed by atoms with Crippen LogP contribution >= 0.6 is 0 Å². The first-order valence-electron chi connectivity index (χ1n) is 8.56. The van der Waals surface area contributed by atoms with E-state index in [1.807, 2.05) is 12.1 Å². The van der Waals surface area contributed by atoms with Gasteiger partial charge in [0.15, 0.2) is 11.5 Å². The molecule has 1 fully saturated rings. The molecule has 0 saturated carbocycles. The molecule has 1 unspecified atom stereocenters. The van der Waals surface area contributed by atoms with Gasteiger partial charge in [0, 0.05) is 44.6 Å². The van der Waals surface area contributed by atoms with Crippen molar-refractivity contribution in [3.05, 3.63) is 41.7 Å². The number of hydrogen-bond donors (Lipinski definition) is 1. The molecule has 138 valence electrons. The molecule has 1 aromatic carbocycles. The van der Waals surface area contributed by atoms with Gasteiger partial charge in [0.05, 0.1) is 5.56 Å². The number of aromatic carboxylic acids is 1. The number of fused-ring (bicyclic) bond motifs is 1. The van der Waals surface area contributed by atoms with Crippen molar-refractivity contribution in [2.75, 3.05) is 37.9 Å². The Balaban J connectivity index is 0.00000210. The molecule has 0 aliphatic carbocycles. The van der Waals surface area contributed by atoms with Gasteiger partial charge >= 0.3 is 24.8 Å². The number of anilines is 1. The van der Waals surface area contributed by atoms with Crippen LogP contribution in [-0.2, 0) is 0 Å². The molecule has 8 nitrogen and oxygen atoms in total. The molecule has 3 heterocycles. The molecule has 2 aliphatic rings. The van der Waals surface area contributed by atoms with E-state index >= 15 is 0 Å². The zero-order valence-corrected chi connectivity index (χ0v) is 14.5. The predicted molar refractivity (Wildman–Crippen MR) is 101 cm³/mol. The second-order valence-corrected chi connectivity index (χ2v) is 6.39. The first-order chi connectivity index (χ1) is 12.6. The molecule has 2 aliphatic heterocycles. The van der Waals surface area contributed by atoms with E-state index in [0.29, 0.717) is 5.95 Å². The first-order valence-corrected chi connectivity index (χ1v) is 8.56. The van der Waals surface area contributed by atoms with E-state index in [-0.39, 0.29) is 37.3 Å². The van der Waals surface area contributed by atoms with Crippen LogP contribution in [0.2, 0.25) is 0 Å². The van der Waals surface area contributed by atoms with Gasteiger partial charge in [0.25, 0.3) is 0 Å². The molecule has 1 N–H and O–H groups in total. The van der Waals surface area contributed by atoms with Crippen molar-refractivity contribution in [3.8, 4) is 11.5 Å². The van der Waals surface area contributed by atoms with E-state index in [4.69, 9.17) is 14.6 Å². The minimum absolute atomic E-state index is 0. The van der Waals surface area contributed by atoms with Gasteiger partial charge in [0.2, 0.25) is 12.7 Å². The van der Waals surface area contributed by atoms with Gasteiger partial charge in [-0.05, 0) is 24.6 Å². The van der Waals surface area contributed by atoms with Crippen LogP contribution in [0.4, 0.5) is 5.95 Å². The number of aromatic nitrogens is 2. The predicted octanol–water partition coefficient (Wildman–Crippen LogP) is 1.14. The van der Waals surface area contributed by atoms with E-state index in [2.05, 4.69) is 32.8 Å². The van der Waals surface area contributed by atoms with Crippen LogP contribution < -0.4 is 14.4 Å². The summed E-state index contributed by atoms with van der Waals surface area (Å²) in [5.74, 6) is 1.16. The topological polar surface area (TPSA) is 88.0 Å². The molecule has 2 aromatic rings. The average Bonchev–Trinajstić information content (AvgIpc) is 3.15. The summed E-state index contributed by atoms with van der Waals surface area (Å²) < 4.78 is 10.8. The SMILES string of the molecule is CC(c1ccc2c(c1)OCO2)N1CCN(c2ncc(C(=O)O)cn2)CC1.[LiH]. The normalized spacial score (nSPS) is 17.3. The molecule has 9 heteroatoms. The van der Waals surface area contributed by atoms with Gasteiger partial charge in [-0.25, -0.2) is 14.8 Å². The third-order valence-corrected chi connectivity index (χ3v) is 4.91. The van der Waals surface area contributed by atoms with Crippen LogP contribution in [0.5, 0.6) is 11.5 Å². The van der Waals surface area contributed by atoms with E-state index in [0.717, 1.165) is 37.7 Å². The summed E-state index contributed by atoms with van der Waals surface area (Å²) in [5.41, 5.74) is 1.30. The van der Waals surface area contributed by atoms with Crippen molar-refractivity contribution < 1.29 is 19.4 Å². The van der Waals surface area contributed by atoms with Crippen LogP contribution in [-0.4, -0.2) is 77.8 Å². The van der Waals surface area contributed by atoms with Crippen molar-refractivity contribution in [2.24, 2.45) is 0 Å². The molecule has 0 radical (unpaired) electrons. The maximum absolute atomic E-state index is 10.9. The summed E-state index contributed by atoms with van der Waals surface area (Å²) in [4.78, 5) is 23.7. The summed E-state index contributed by atoms with van der Waals surface area (Å²) in [6, 6.07) is 6.36. The Bertz CT molecular complexity index is 810. The zero-order valence-electron chi connectivity index (χ0n) is 14.5. The quantitative estimate of drug-likeness (QED) is 0.808. The van der Waals surface area contributed by atoms with Crippen LogP contribution in [0.15, 0.2) is 30.6 Å². The summed E-state index contributed by atoms with van der Waals surface area (Å²) in [5, 5.41) is 8.93. The number of nitrogens with zero attached hydrogens (tertiary/aromatic N) is 4. The van der Waals surface area contributed by atoms with Crippen molar-refractivity contribution >= 4 is 30.8 Å². The fraction of sp³-hybridized carbons (Fsp3) is 0.389. The monoisotopic (exact) mass is 364 g/mol. The van der Waals surface area contributed by atoms with E-state index in [9.17, 15) is 4.79 Å². The van der Waals surface area contributed by atoms with Gasteiger partial charge < -0.3 is 19.5 Å². The molecule has 1 atom stereocenters. The van der Waals surface area contributed by atoms with Crippen LogP contribution in [0.1, 0.15) is 28.9 Å². The number of ether oxygens (including phenoxy) is 2. The van der Waals surface area contributed by atoms with Crippen molar-refractivity contribution in [3.63, 3.8) is 0 Å². The average molecular weight is 364 g/mol. The number of piperazine rings is 1. The molecule has 0 bridgehead atoms. The molecule has 4 rings (SSSR count). The standard InChI is InChI=1S/C18H20N4O4.Li.H/c1-12(13-2-3-15-16(8-13)26-11-25-15)21-4-6-22(7-5-21)18-19-9-14(10-20-18)17(23)24;;/h2-3,8-10,12H,4-7,11H2,1H3,(H,23,24);;. The van der Waals surface area contributed by atoms with E-state index in [1.165, 1.54) is 18.0 Å². The second-order valence-electron chi connectivity index (χ2n) is 6.39. The van der Waals surface area contributed by atoms with E-state index < -0.39 is 5.97 Å². The number of carbonyl (C=O) groups is 1. The third kappa shape index (κ3) is 4.03. The number of carboxylic acids is 1. The number of benzene rings is 1. The van der Waals surface area contributed by atoms with Crippen LogP contribution in [0, 0.1) is 0 Å². The van der Waals surface area contributed by atoms with Gasteiger partial charge in [-0.2, -0.15) is 0 Å². The van der Waals surface area contributed by atoms with Crippen LogP contribution in [0.3, 0.4) is 0 Å². The molecular weight excluding hydrogens is 343 g/mol. The molecule has 1 saturated heterocycles. The molecule has 27 heavy (non-hydrogen) atoms. The minimum atomic E-state index is -1.01. The fourth-order valence-electron chi connectivity index (χ4n) is 3.29. The molecular formula is C18H21LiN4O4. The van der Waals surface area contributed by atoms with Gasteiger partial charge in [0.1, 0.15) is 0 Å². The summed E-state index contributed by atoms with van der Waals surface area (Å²) in [6.07, 6.45) is 2.71. The maximum atomic E-state index is 10.9. The second kappa shape index (κ2) is 8.17. The number of carboxylic acid groups (broad SMARTS) is 1. The third-order valence-electron chi connectivity index (χ3n) is 4.91. The summed E-state index contributed by atoms with van der Waals surface area (Å²) in [6.45, 7) is 5.81. The molecule has 0 amide bonds. The fourth-order valence-corrected chi connectivity index (χ4v) is 3.29. The Hall–Kier alpha value is -2.27. The van der Waals surface area contributed by atoms with E-state index in [1.54, 1.807) is 0 Å². The summed E-state index contributed by atoms with van der Waals surface area (Å²) >= 11 is 0. The van der Waals surface area contributed by atoms with Crippen molar-refractivity contribution in [2.45, 2.75) is 13.0 Å². The Morgan fingerprint density at radius 3 is 2.44 bits per heavy atom. The Morgan fingerprint density at radius 2 is 1.78 bits per heavy atom. The Morgan fingerprint density at radius 1 is 1.11 bits per heavy atom. The summed E-state index contributed by atoms with van der Waals surface area (Å²) in [7, 11) is 0. The van der Waals surface area contributed by atoms with Crippen molar-refractivity contribution in [1.82, 2.24) is 14.9 Å². The number of hydrogen-bond acceptors (Lipinski definition) is 7. The Labute approximate surface area is 169 Å². The molecule has 1 aromatic heterocycles. The van der Waals surface area contributed by atoms with Gasteiger partial charge in [-0.15, -0.1) is 0 Å². The Kier molecular flexibility index (Phi) is 5.90. The number of rotatable bonds is 4. The van der Waals surface area contributed by atoms with Crippen molar-refractivity contribution in [1.29, 1.82) is 0 Å². The molecule has 0 spiro atoms. The van der Waals surface area contributed by atoms with Gasteiger partial charge in [-0.3, -0.25) is 4.90 Å². The zero-order chi connectivity index (χ0) is 18.1.